The summed E-state index contributed by atoms with van der Waals surface area (Å²) in [6.45, 7) is 4.47. The molecular formula is C53H39N. The molecular weight excluding hydrogens is 651 g/mol. The van der Waals surface area contributed by atoms with E-state index in [4.69, 9.17) is 0 Å². The number of benzene rings is 9. The van der Waals surface area contributed by atoms with Crippen molar-refractivity contribution in [2.24, 2.45) is 0 Å². The smallest absolute Gasteiger partial charge is 0.0645 e. The minimum Gasteiger partial charge on any atom is -0.310 e. The summed E-state index contributed by atoms with van der Waals surface area (Å²) in [5, 5.41) is 4.34. The SMILES string of the molecule is [2H]c1c([2H])c(N(c2ccc(-c3cccc(-c4ccccc4)c3)cc2)c2ccc3c(c2)C(C)(C)c2ccccc2-3)c([2H])c([2H])c1-c1ccc2c(ccc3ccccc32)c1. The van der Waals surface area contributed by atoms with Gasteiger partial charge in [-0.3, -0.25) is 0 Å². The fourth-order valence-corrected chi connectivity index (χ4v) is 8.28. The molecule has 0 spiro atoms. The second-order valence-electron chi connectivity index (χ2n) is 14.7. The van der Waals surface area contributed by atoms with Crippen LogP contribution >= 0.6 is 0 Å². The molecule has 1 nitrogen and oxygen atoms in total. The number of fused-ring (bicyclic) bond motifs is 6. The van der Waals surface area contributed by atoms with Crippen LogP contribution in [0.25, 0.3) is 66.1 Å². The Morgan fingerprint density at radius 2 is 0.963 bits per heavy atom. The molecule has 0 aromatic heterocycles. The maximum atomic E-state index is 9.61. The van der Waals surface area contributed by atoms with Crippen LogP contribution in [0.2, 0.25) is 0 Å². The maximum Gasteiger partial charge on any atom is 0.0645 e. The lowest BCUT2D eigenvalue weighted by Gasteiger charge is -2.28. The zero-order valence-electron chi connectivity index (χ0n) is 34.2. The second kappa shape index (κ2) is 12.8. The van der Waals surface area contributed by atoms with Gasteiger partial charge >= 0.3 is 0 Å². The van der Waals surface area contributed by atoms with E-state index in [-0.39, 0.29) is 40.8 Å². The summed E-state index contributed by atoms with van der Waals surface area (Å²) in [5.74, 6) is 0. The second-order valence-corrected chi connectivity index (χ2v) is 14.7. The molecule has 10 rings (SSSR count). The van der Waals surface area contributed by atoms with Gasteiger partial charge in [0.2, 0.25) is 0 Å². The normalized spacial score (nSPS) is 13.8. The predicted molar refractivity (Wildman–Crippen MR) is 230 cm³/mol. The van der Waals surface area contributed by atoms with E-state index < -0.39 is 0 Å². The average Bonchev–Trinajstić information content (AvgIpc) is 3.50. The summed E-state index contributed by atoms with van der Waals surface area (Å²) in [5.41, 5.74) is 11.5. The predicted octanol–water partition coefficient (Wildman–Crippen LogP) is 14.8. The highest BCUT2D eigenvalue weighted by Gasteiger charge is 2.35. The Kier molecular flexibility index (Phi) is 6.59. The summed E-state index contributed by atoms with van der Waals surface area (Å²) in [6.07, 6.45) is 0. The molecule has 0 amide bonds. The van der Waals surface area contributed by atoms with Crippen molar-refractivity contribution in [1.29, 1.82) is 0 Å². The van der Waals surface area contributed by atoms with E-state index in [2.05, 4.69) is 123 Å². The molecule has 9 aromatic rings. The molecule has 9 aromatic carbocycles. The molecule has 0 N–H and O–H groups in total. The van der Waals surface area contributed by atoms with E-state index in [0.29, 0.717) is 5.56 Å². The Hall–Kier alpha value is -6.70. The summed E-state index contributed by atoms with van der Waals surface area (Å²) >= 11 is 0. The quantitative estimate of drug-likeness (QED) is 0.157. The molecule has 54 heavy (non-hydrogen) atoms. The van der Waals surface area contributed by atoms with Crippen LogP contribution in [0.15, 0.2) is 200 Å². The van der Waals surface area contributed by atoms with Crippen molar-refractivity contribution in [1.82, 2.24) is 0 Å². The Labute approximate surface area is 323 Å². The minimum atomic E-state index is -0.277. The molecule has 0 bridgehead atoms. The van der Waals surface area contributed by atoms with Crippen molar-refractivity contribution in [3.63, 3.8) is 0 Å². The Bertz CT molecular complexity index is 3050. The van der Waals surface area contributed by atoms with Crippen molar-refractivity contribution in [2.75, 3.05) is 4.90 Å². The molecule has 1 aliphatic carbocycles. The van der Waals surface area contributed by atoms with Gasteiger partial charge in [-0.25, -0.2) is 0 Å². The molecule has 0 radical (unpaired) electrons. The average molecular weight is 694 g/mol. The lowest BCUT2D eigenvalue weighted by atomic mass is 9.82. The molecule has 1 heteroatoms. The fraction of sp³-hybridized carbons (Fsp3) is 0.0566. The largest absolute Gasteiger partial charge is 0.310 e. The molecule has 0 fully saturated rings. The van der Waals surface area contributed by atoms with Crippen LogP contribution in [0.1, 0.15) is 30.5 Å². The first kappa shape index (κ1) is 27.9. The molecule has 0 heterocycles. The van der Waals surface area contributed by atoms with Crippen LogP contribution in [-0.2, 0) is 5.41 Å². The van der Waals surface area contributed by atoms with Gasteiger partial charge in [-0.15, -0.1) is 0 Å². The Morgan fingerprint density at radius 1 is 0.370 bits per heavy atom. The third-order valence-electron chi connectivity index (χ3n) is 11.1. The van der Waals surface area contributed by atoms with Gasteiger partial charge in [0.15, 0.2) is 0 Å². The first-order valence-electron chi connectivity index (χ1n) is 20.5. The Balaban J connectivity index is 1.13. The lowest BCUT2D eigenvalue weighted by Crippen LogP contribution is -2.16. The van der Waals surface area contributed by atoms with Crippen molar-refractivity contribution in [3.8, 4) is 44.5 Å². The number of rotatable bonds is 6. The zero-order chi connectivity index (χ0) is 39.7. The molecule has 0 saturated carbocycles. The number of anilines is 3. The van der Waals surface area contributed by atoms with Gasteiger partial charge < -0.3 is 4.90 Å². The van der Waals surface area contributed by atoms with E-state index in [9.17, 15) is 5.48 Å². The molecule has 0 unspecified atom stereocenters. The standard InChI is InChI=1S/C53H39N/c1-53(2)51-18-9-8-17-49(51)50-32-30-46(35-52(50)53)54(44-26-21-37(22-27-44)41-15-10-14-40(33-41)36-11-4-3-5-12-36)45-28-23-38(24-29-45)42-25-31-48-43(34-42)20-19-39-13-6-7-16-47(39)48/h3-35H,1-2H3/i23D,24D,28D,29D. The van der Waals surface area contributed by atoms with Crippen LogP contribution in [-0.4, -0.2) is 0 Å². The van der Waals surface area contributed by atoms with Gasteiger partial charge in [-0.1, -0.05) is 165 Å². The van der Waals surface area contributed by atoms with Crippen LogP contribution in [0, 0.1) is 0 Å². The van der Waals surface area contributed by atoms with E-state index in [1.165, 1.54) is 11.1 Å². The first-order chi connectivity index (χ1) is 28.2. The minimum absolute atomic E-state index is 0.0793. The van der Waals surface area contributed by atoms with Gasteiger partial charge in [-0.05, 0) is 126 Å². The van der Waals surface area contributed by atoms with Crippen molar-refractivity contribution >= 4 is 38.6 Å². The van der Waals surface area contributed by atoms with E-state index >= 15 is 0 Å². The lowest BCUT2D eigenvalue weighted by molar-refractivity contribution is 0.660. The van der Waals surface area contributed by atoms with Gasteiger partial charge in [0.25, 0.3) is 0 Å². The van der Waals surface area contributed by atoms with Crippen LogP contribution < -0.4 is 4.90 Å². The van der Waals surface area contributed by atoms with Crippen molar-refractivity contribution in [2.45, 2.75) is 19.3 Å². The van der Waals surface area contributed by atoms with E-state index in [1.807, 2.05) is 71.6 Å². The summed E-state index contributed by atoms with van der Waals surface area (Å²) < 4.78 is 38.1. The van der Waals surface area contributed by atoms with Crippen LogP contribution in [0.5, 0.6) is 0 Å². The molecule has 256 valence electrons. The zero-order valence-corrected chi connectivity index (χ0v) is 30.2. The summed E-state index contributed by atoms with van der Waals surface area (Å²) in [7, 11) is 0. The van der Waals surface area contributed by atoms with Gasteiger partial charge in [0.1, 0.15) is 0 Å². The van der Waals surface area contributed by atoms with Gasteiger partial charge in [0, 0.05) is 22.5 Å². The highest BCUT2D eigenvalue weighted by atomic mass is 15.1. The summed E-state index contributed by atoms with van der Waals surface area (Å²) in [4.78, 5) is 1.90. The highest BCUT2D eigenvalue weighted by molar-refractivity contribution is 6.08. The van der Waals surface area contributed by atoms with Crippen molar-refractivity contribution < 1.29 is 5.48 Å². The highest BCUT2D eigenvalue weighted by Crippen LogP contribution is 2.50. The third kappa shape index (κ3) is 5.40. The number of hydrogen-bond acceptors (Lipinski definition) is 1. The summed E-state index contributed by atoms with van der Waals surface area (Å²) in [6, 6.07) is 59.8. The topological polar surface area (TPSA) is 3.24 Å². The third-order valence-corrected chi connectivity index (χ3v) is 11.1. The first-order valence-corrected chi connectivity index (χ1v) is 18.5. The van der Waals surface area contributed by atoms with E-state index in [0.717, 1.165) is 66.3 Å². The molecule has 1 aliphatic rings. The maximum absolute atomic E-state index is 9.61. The monoisotopic (exact) mass is 693 g/mol. The number of hydrogen-bond donors (Lipinski definition) is 0. The molecule has 0 atom stereocenters. The van der Waals surface area contributed by atoms with Gasteiger partial charge in [-0.2, -0.15) is 0 Å². The van der Waals surface area contributed by atoms with E-state index in [1.54, 1.807) is 0 Å². The van der Waals surface area contributed by atoms with Crippen LogP contribution in [0.4, 0.5) is 17.1 Å². The number of nitrogens with zero attached hydrogens (tertiary/aromatic N) is 1. The molecule has 0 aliphatic heterocycles. The van der Waals surface area contributed by atoms with Gasteiger partial charge in [0.05, 0.1) is 5.48 Å². The van der Waals surface area contributed by atoms with Crippen molar-refractivity contribution in [3.05, 3.63) is 211 Å². The van der Waals surface area contributed by atoms with Crippen LogP contribution in [0.3, 0.4) is 0 Å². The fourth-order valence-electron chi connectivity index (χ4n) is 8.28. The molecule has 0 saturated heterocycles. The Morgan fingerprint density at radius 3 is 1.78 bits per heavy atom.